The van der Waals surface area contributed by atoms with Crippen LogP contribution in [0.3, 0.4) is 0 Å². The number of hydrogen-bond donors (Lipinski definition) is 3. The highest BCUT2D eigenvalue weighted by Gasteiger charge is 2.24. The van der Waals surface area contributed by atoms with Gasteiger partial charge >= 0.3 is 0 Å². The van der Waals surface area contributed by atoms with Gasteiger partial charge in [-0.3, -0.25) is 14.6 Å². The number of pyridine rings is 2. The number of anilines is 1. The Morgan fingerprint density at radius 3 is 2.62 bits per heavy atom. The number of carbonyl (C=O) groups excluding carboxylic acids is 2. The molecule has 0 bridgehead atoms. The summed E-state index contributed by atoms with van der Waals surface area (Å²) in [7, 11) is 0. The van der Waals surface area contributed by atoms with Crippen molar-refractivity contribution >= 4 is 17.6 Å². The van der Waals surface area contributed by atoms with Gasteiger partial charge in [0.1, 0.15) is 17.4 Å². The minimum atomic E-state index is -0.488. The van der Waals surface area contributed by atoms with Gasteiger partial charge in [0.25, 0.3) is 11.8 Å². The number of aromatic hydroxyl groups is 1. The normalized spacial score (nSPS) is 14.9. The summed E-state index contributed by atoms with van der Waals surface area (Å²) >= 11 is 0. The maximum absolute atomic E-state index is 13.3. The molecule has 1 unspecified atom stereocenters. The molecule has 0 radical (unpaired) electrons. The fraction of sp³-hybridized carbons (Fsp3) is 0.167. The molecule has 0 saturated carbocycles. The van der Waals surface area contributed by atoms with Crippen LogP contribution in [-0.4, -0.2) is 50.9 Å². The van der Waals surface area contributed by atoms with Gasteiger partial charge in [0, 0.05) is 48.2 Å². The Labute approximate surface area is 225 Å². The van der Waals surface area contributed by atoms with Gasteiger partial charge in [-0.25, -0.2) is 4.98 Å². The van der Waals surface area contributed by atoms with E-state index in [-0.39, 0.29) is 29.1 Å². The molecular formula is C30H26N6O3. The standard InChI is InChI=1S/C30H26N6O3/c31-16-25-24(19-6-3-7-20(14-19)30(39)36-13-5-9-22(32)18-36)15-26(23-10-1-2-11-27(23)37)34-28(25)35-29(38)21-8-4-12-33-17-21/h1-4,6-8,10-12,14-15,17,22,37H,5,9,13,18,32H2,(H,34,35,38). The number of aromatic nitrogens is 2. The Morgan fingerprint density at radius 2 is 1.87 bits per heavy atom. The number of phenols is 1. The van der Waals surface area contributed by atoms with E-state index in [4.69, 9.17) is 5.73 Å². The second-order valence-electron chi connectivity index (χ2n) is 9.34. The molecule has 39 heavy (non-hydrogen) atoms. The van der Waals surface area contributed by atoms with Gasteiger partial charge in [-0.1, -0.05) is 24.3 Å². The van der Waals surface area contributed by atoms with E-state index in [2.05, 4.69) is 21.4 Å². The summed E-state index contributed by atoms with van der Waals surface area (Å²) in [6.45, 7) is 1.13. The number of nitrogens with one attached hydrogen (secondary N) is 1. The summed E-state index contributed by atoms with van der Waals surface area (Å²) in [6, 6.07) is 20.7. The molecule has 0 spiro atoms. The molecule has 2 aromatic heterocycles. The van der Waals surface area contributed by atoms with Gasteiger partial charge < -0.3 is 21.1 Å². The summed E-state index contributed by atoms with van der Waals surface area (Å²) in [6.07, 6.45) is 4.70. The SMILES string of the molecule is N#Cc1c(-c2cccc(C(=O)N3CCCC(N)C3)c2)cc(-c2ccccc2O)nc1NC(=O)c1cccnc1. The van der Waals surface area contributed by atoms with Crippen molar-refractivity contribution in [1.29, 1.82) is 5.26 Å². The predicted octanol–water partition coefficient (Wildman–Crippen LogP) is 4.20. The summed E-state index contributed by atoms with van der Waals surface area (Å²) in [5.41, 5.74) is 8.79. The molecule has 1 atom stereocenters. The lowest BCUT2D eigenvalue weighted by Gasteiger charge is -2.31. The maximum atomic E-state index is 13.3. The second kappa shape index (κ2) is 11.1. The molecule has 1 saturated heterocycles. The van der Waals surface area contributed by atoms with E-state index in [1.807, 2.05) is 0 Å². The van der Waals surface area contributed by atoms with Gasteiger partial charge in [-0.2, -0.15) is 5.26 Å². The van der Waals surface area contributed by atoms with Crippen LogP contribution in [0.25, 0.3) is 22.4 Å². The van der Waals surface area contributed by atoms with E-state index in [1.165, 1.54) is 12.3 Å². The molecule has 4 aromatic rings. The van der Waals surface area contributed by atoms with Crippen LogP contribution < -0.4 is 11.1 Å². The molecule has 1 fully saturated rings. The van der Waals surface area contributed by atoms with E-state index in [0.29, 0.717) is 46.6 Å². The average molecular weight is 519 g/mol. The highest BCUT2D eigenvalue weighted by Crippen LogP contribution is 2.36. The largest absolute Gasteiger partial charge is 0.507 e. The third-order valence-electron chi connectivity index (χ3n) is 6.63. The molecule has 1 aliphatic rings. The van der Waals surface area contributed by atoms with Gasteiger partial charge in [0.05, 0.1) is 11.3 Å². The number of nitrogens with zero attached hydrogens (tertiary/aromatic N) is 4. The number of carbonyl (C=O) groups is 2. The minimum absolute atomic E-state index is 0.00411. The molecule has 9 nitrogen and oxygen atoms in total. The number of benzene rings is 2. The van der Waals surface area contributed by atoms with Crippen molar-refractivity contribution in [3.63, 3.8) is 0 Å². The molecule has 2 aromatic carbocycles. The number of rotatable bonds is 5. The van der Waals surface area contributed by atoms with E-state index in [1.54, 1.807) is 71.8 Å². The molecule has 5 rings (SSSR count). The van der Waals surface area contributed by atoms with Gasteiger partial charge in [-0.15, -0.1) is 0 Å². The first-order valence-electron chi connectivity index (χ1n) is 12.5. The van der Waals surface area contributed by atoms with Gasteiger partial charge in [-0.05, 0) is 60.9 Å². The zero-order chi connectivity index (χ0) is 27.4. The van der Waals surface area contributed by atoms with E-state index in [0.717, 1.165) is 12.8 Å². The fourth-order valence-electron chi connectivity index (χ4n) is 4.68. The summed E-state index contributed by atoms with van der Waals surface area (Å²) < 4.78 is 0. The predicted molar refractivity (Wildman–Crippen MR) is 147 cm³/mol. The minimum Gasteiger partial charge on any atom is -0.507 e. The smallest absolute Gasteiger partial charge is 0.258 e. The lowest BCUT2D eigenvalue weighted by atomic mass is 9.96. The van der Waals surface area contributed by atoms with Crippen LogP contribution in [0.5, 0.6) is 5.75 Å². The topological polar surface area (TPSA) is 145 Å². The Bertz CT molecular complexity index is 1580. The Hall–Kier alpha value is -5.07. The molecule has 2 amide bonds. The number of phenolic OH excluding ortho intramolecular Hbond substituents is 1. The van der Waals surface area contributed by atoms with Crippen LogP contribution in [0.4, 0.5) is 5.82 Å². The van der Waals surface area contributed by atoms with Crippen molar-refractivity contribution in [2.24, 2.45) is 5.73 Å². The highest BCUT2D eigenvalue weighted by atomic mass is 16.3. The van der Waals surface area contributed by atoms with Crippen LogP contribution in [-0.2, 0) is 0 Å². The first-order valence-corrected chi connectivity index (χ1v) is 12.5. The summed E-state index contributed by atoms with van der Waals surface area (Å²) in [5, 5.41) is 23.4. The number of nitrogens with two attached hydrogens (primary N) is 1. The van der Waals surface area contributed by atoms with E-state index < -0.39 is 5.91 Å². The summed E-state index contributed by atoms with van der Waals surface area (Å²) in [5.74, 6) is -0.597. The number of piperidine rings is 1. The third-order valence-corrected chi connectivity index (χ3v) is 6.63. The monoisotopic (exact) mass is 518 g/mol. The number of likely N-dealkylation sites (tertiary alicyclic amines) is 1. The number of amides is 2. The molecular weight excluding hydrogens is 492 g/mol. The van der Waals surface area contributed by atoms with Crippen molar-refractivity contribution in [3.8, 4) is 34.2 Å². The lowest BCUT2D eigenvalue weighted by Crippen LogP contribution is -2.45. The van der Waals surface area contributed by atoms with Crippen LogP contribution >= 0.6 is 0 Å². The Morgan fingerprint density at radius 1 is 1.05 bits per heavy atom. The lowest BCUT2D eigenvalue weighted by molar-refractivity contribution is 0.0708. The van der Waals surface area contributed by atoms with Gasteiger partial charge in [0.2, 0.25) is 0 Å². The molecule has 9 heteroatoms. The molecule has 0 aliphatic carbocycles. The Kier molecular flexibility index (Phi) is 7.30. The Balaban J connectivity index is 1.61. The van der Waals surface area contributed by atoms with Crippen molar-refractivity contribution in [3.05, 3.63) is 95.8 Å². The molecule has 1 aliphatic heterocycles. The number of hydrogen-bond acceptors (Lipinski definition) is 7. The van der Waals surface area contributed by atoms with Crippen LogP contribution in [0.2, 0.25) is 0 Å². The zero-order valence-electron chi connectivity index (χ0n) is 21.0. The van der Waals surface area contributed by atoms with Crippen molar-refractivity contribution in [2.45, 2.75) is 18.9 Å². The van der Waals surface area contributed by atoms with Crippen LogP contribution in [0.15, 0.2) is 79.1 Å². The molecule has 4 N–H and O–H groups in total. The van der Waals surface area contributed by atoms with E-state index >= 15 is 0 Å². The first-order chi connectivity index (χ1) is 18.9. The van der Waals surface area contributed by atoms with Crippen LogP contribution in [0, 0.1) is 11.3 Å². The number of nitriles is 1. The second-order valence-corrected chi connectivity index (χ2v) is 9.34. The van der Waals surface area contributed by atoms with E-state index in [9.17, 15) is 20.0 Å². The third kappa shape index (κ3) is 5.46. The van der Waals surface area contributed by atoms with Crippen molar-refractivity contribution < 1.29 is 14.7 Å². The number of para-hydroxylation sites is 1. The van der Waals surface area contributed by atoms with Crippen molar-refractivity contribution in [2.75, 3.05) is 18.4 Å². The van der Waals surface area contributed by atoms with Gasteiger partial charge in [0.15, 0.2) is 5.82 Å². The molecule has 3 heterocycles. The fourth-order valence-corrected chi connectivity index (χ4v) is 4.68. The maximum Gasteiger partial charge on any atom is 0.258 e. The summed E-state index contributed by atoms with van der Waals surface area (Å²) in [4.78, 5) is 36.5. The first kappa shape index (κ1) is 25.6. The highest BCUT2D eigenvalue weighted by molar-refractivity contribution is 6.05. The van der Waals surface area contributed by atoms with Crippen molar-refractivity contribution in [1.82, 2.24) is 14.9 Å². The average Bonchev–Trinajstić information content (AvgIpc) is 2.97. The zero-order valence-corrected chi connectivity index (χ0v) is 21.0. The van der Waals surface area contributed by atoms with Crippen LogP contribution in [0.1, 0.15) is 39.1 Å². The molecule has 194 valence electrons. The quantitative estimate of drug-likeness (QED) is 0.359.